The van der Waals surface area contributed by atoms with Crippen molar-refractivity contribution in [3.63, 3.8) is 0 Å². The number of benzene rings is 1. The third-order valence-electron chi connectivity index (χ3n) is 2.86. The Hall–Kier alpha value is -2.21. The SMILES string of the molecule is CC=C(c1cccc(F)c1)c1scnc1NC(=O)OC(C)(C)C. The molecule has 0 saturated carbocycles. The van der Waals surface area contributed by atoms with Crippen LogP contribution >= 0.6 is 11.3 Å². The molecule has 23 heavy (non-hydrogen) atoms. The van der Waals surface area contributed by atoms with E-state index in [1.165, 1.54) is 23.5 Å². The lowest BCUT2D eigenvalue weighted by Crippen LogP contribution is -2.27. The molecule has 1 heterocycles. The quantitative estimate of drug-likeness (QED) is 0.851. The lowest BCUT2D eigenvalue weighted by Gasteiger charge is -2.19. The highest BCUT2D eigenvalue weighted by molar-refractivity contribution is 7.11. The maximum atomic E-state index is 13.5. The Morgan fingerprint density at radius 3 is 2.74 bits per heavy atom. The summed E-state index contributed by atoms with van der Waals surface area (Å²) in [5, 5.41) is 2.65. The van der Waals surface area contributed by atoms with E-state index < -0.39 is 11.7 Å². The van der Waals surface area contributed by atoms with Crippen LogP contribution in [0.2, 0.25) is 0 Å². The van der Waals surface area contributed by atoms with Crippen molar-refractivity contribution < 1.29 is 13.9 Å². The minimum atomic E-state index is -0.591. The van der Waals surface area contributed by atoms with Crippen LogP contribution in [-0.4, -0.2) is 16.7 Å². The molecule has 0 radical (unpaired) electrons. The number of rotatable bonds is 3. The van der Waals surface area contributed by atoms with E-state index in [0.717, 1.165) is 16.0 Å². The molecule has 6 heteroatoms. The smallest absolute Gasteiger partial charge is 0.413 e. The zero-order chi connectivity index (χ0) is 17.0. The first kappa shape index (κ1) is 17.1. The molecule has 0 spiro atoms. The molecular formula is C17H19FN2O2S. The van der Waals surface area contributed by atoms with Gasteiger partial charge in [0.05, 0.1) is 10.4 Å². The van der Waals surface area contributed by atoms with Crippen molar-refractivity contribution in [2.24, 2.45) is 0 Å². The van der Waals surface area contributed by atoms with Gasteiger partial charge in [0.1, 0.15) is 11.4 Å². The second-order valence-corrected chi connectivity index (χ2v) is 6.72. The number of nitrogens with one attached hydrogen (secondary N) is 1. The van der Waals surface area contributed by atoms with Crippen LogP contribution in [0, 0.1) is 5.82 Å². The highest BCUT2D eigenvalue weighted by Crippen LogP contribution is 2.32. The molecule has 0 aliphatic rings. The minimum Gasteiger partial charge on any atom is -0.444 e. The number of ether oxygens (including phenoxy) is 1. The summed E-state index contributed by atoms with van der Waals surface area (Å²) in [6.07, 6.45) is 1.29. The topological polar surface area (TPSA) is 51.2 Å². The van der Waals surface area contributed by atoms with Crippen molar-refractivity contribution >= 4 is 28.8 Å². The summed E-state index contributed by atoms with van der Waals surface area (Å²) in [5.74, 6) is 0.0922. The summed E-state index contributed by atoms with van der Waals surface area (Å²) in [4.78, 5) is 16.9. The molecule has 1 aromatic heterocycles. The predicted octanol–water partition coefficient (Wildman–Crippen LogP) is 5.08. The van der Waals surface area contributed by atoms with Crippen molar-refractivity contribution in [2.45, 2.75) is 33.3 Å². The molecule has 0 aliphatic carbocycles. The number of thiazole rings is 1. The Morgan fingerprint density at radius 1 is 1.39 bits per heavy atom. The van der Waals surface area contributed by atoms with Gasteiger partial charge in [0.2, 0.25) is 0 Å². The van der Waals surface area contributed by atoms with Gasteiger partial charge in [-0.2, -0.15) is 0 Å². The third-order valence-corrected chi connectivity index (χ3v) is 3.72. The summed E-state index contributed by atoms with van der Waals surface area (Å²) >= 11 is 1.37. The summed E-state index contributed by atoms with van der Waals surface area (Å²) in [7, 11) is 0. The lowest BCUT2D eigenvalue weighted by molar-refractivity contribution is 0.0635. The molecule has 122 valence electrons. The minimum absolute atomic E-state index is 0.312. The molecule has 1 amide bonds. The molecule has 1 aromatic carbocycles. The van der Waals surface area contributed by atoms with Gasteiger partial charge >= 0.3 is 6.09 Å². The van der Waals surface area contributed by atoms with Gasteiger partial charge in [-0.05, 0) is 51.0 Å². The monoisotopic (exact) mass is 334 g/mol. The molecule has 0 bridgehead atoms. The van der Waals surface area contributed by atoms with Crippen molar-refractivity contribution in [1.82, 2.24) is 4.98 Å². The van der Waals surface area contributed by atoms with E-state index in [1.54, 1.807) is 32.3 Å². The average Bonchev–Trinajstić information content (AvgIpc) is 2.85. The summed E-state index contributed by atoms with van der Waals surface area (Å²) in [5.41, 5.74) is 2.57. The largest absolute Gasteiger partial charge is 0.444 e. The Kier molecular flexibility index (Phi) is 5.15. The zero-order valence-electron chi connectivity index (χ0n) is 13.5. The van der Waals surface area contributed by atoms with Gasteiger partial charge in [0.25, 0.3) is 0 Å². The molecule has 0 fully saturated rings. The van der Waals surface area contributed by atoms with E-state index in [2.05, 4.69) is 10.3 Å². The fourth-order valence-electron chi connectivity index (χ4n) is 2.01. The fraction of sp³-hybridized carbons (Fsp3) is 0.294. The molecule has 0 saturated heterocycles. The second-order valence-electron chi connectivity index (χ2n) is 5.87. The van der Waals surface area contributed by atoms with E-state index in [4.69, 9.17) is 4.74 Å². The van der Waals surface area contributed by atoms with Crippen LogP contribution < -0.4 is 5.32 Å². The molecule has 4 nitrogen and oxygen atoms in total. The summed E-state index contributed by atoms with van der Waals surface area (Å²) in [6.45, 7) is 7.23. The molecule has 2 aromatic rings. The number of nitrogens with zero attached hydrogens (tertiary/aromatic N) is 1. The first-order chi connectivity index (χ1) is 10.8. The van der Waals surface area contributed by atoms with E-state index in [1.807, 2.05) is 19.1 Å². The van der Waals surface area contributed by atoms with Crippen molar-refractivity contribution in [1.29, 1.82) is 0 Å². The normalized spacial score (nSPS) is 12.1. The molecule has 0 atom stereocenters. The van der Waals surface area contributed by atoms with Gasteiger partial charge in [0, 0.05) is 0 Å². The van der Waals surface area contributed by atoms with Crippen molar-refractivity contribution in [3.8, 4) is 0 Å². The van der Waals surface area contributed by atoms with E-state index in [0.29, 0.717) is 5.82 Å². The van der Waals surface area contributed by atoms with Gasteiger partial charge in [-0.15, -0.1) is 11.3 Å². The molecule has 2 rings (SSSR count). The van der Waals surface area contributed by atoms with Crippen LogP contribution in [-0.2, 0) is 4.74 Å². The number of aromatic nitrogens is 1. The van der Waals surface area contributed by atoms with E-state index >= 15 is 0 Å². The number of carbonyl (C=O) groups excluding carboxylic acids is 1. The summed E-state index contributed by atoms with van der Waals surface area (Å²) < 4.78 is 18.7. The van der Waals surface area contributed by atoms with Crippen LogP contribution in [0.3, 0.4) is 0 Å². The molecular weight excluding hydrogens is 315 g/mol. The highest BCUT2D eigenvalue weighted by Gasteiger charge is 2.20. The number of anilines is 1. The van der Waals surface area contributed by atoms with Crippen LogP contribution in [0.4, 0.5) is 15.0 Å². The Labute approximate surface area is 139 Å². The van der Waals surface area contributed by atoms with Gasteiger partial charge in [-0.25, -0.2) is 14.2 Å². The Bertz CT molecular complexity index is 732. The molecule has 1 N–H and O–H groups in total. The maximum absolute atomic E-state index is 13.5. The first-order valence-corrected chi connectivity index (χ1v) is 8.04. The van der Waals surface area contributed by atoms with Crippen LogP contribution in [0.15, 0.2) is 35.9 Å². The summed E-state index contributed by atoms with van der Waals surface area (Å²) in [6, 6.07) is 6.31. The van der Waals surface area contributed by atoms with Crippen molar-refractivity contribution in [3.05, 3.63) is 52.1 Å². The van der Waals surface area contributed by atoms with E-state index in [9.17, 15) is 9.18 Å². The van der Waals surface area contributed by atoms with Crippen molar-refractivity contribution in [2.75, 3.05) is 5.32 Å². The molecule has 0 unspecified atom stereocenters. The number of allylic oxidation sites excluding steroid dienone is 1. The van der Waals surface area contributed by atoms with Gasteiger partial charge in [0.15, 0.2) is 5.82 Å². The number of hydrogen-bond donors (Lipinski definition) is 1. The standard InChI is InChI=1S/C17H19FN2O2S/c1-5-13(11-7-6-8-12(18)9-11)14-15(19-10-23-14)20-16(21)22-17(2,3)4/h5-10H,1-4H3,(H,20,21). The zero-order valence-corrected chi connectivity index (χ0v) is 14.3. The predicted molar refractivity (Wildman–Crippen MR) is 91.1 cm³/mol. The first-order valence-electron chi connectivity index (χ1n) is 7.16. The number of halogens is 1. The average molecular weight is 334 g/mol. The Balaban J connectivity index is 2.27. The second kappa shape index (κ2) is 6.91. The number of hydrogen-bond acceptors (Lipinski definition) is 4. The lowest BCUT2D eigenvalue weighted by atomic mass is 10.0. The molecule has 0 aliphatic heterocycles. The van der Waals surface area contributed by atoms with Crippen LogP contribution in [0.25, 0.3) is 5.57 Å². The third kappa shape index (κ3) is 4.63. The number of carbonyl (C=O) groups is 1. The van der Waals surface area contributed by atoms with E-state index in [-0.39, 0.29) is 5.82 Å². The van der Waals surface area contributed by atoms with Crippen LogP contribution in [0.1, 0.15) is 38.1 Å². The fourth-order valence-corrected chi connectivity index (χ4v) is 2.85. The van der Waals surface area contributed by atoms with Gasteiger partial charge in [-0.1, -0.05) is 18.2 Å². The highest BCUT2D eigenvalue weighted by atomic mass is 32.1. The van der Waals surface area contributed by atoms with Crippen LogP contribution in [0.5, 0.6) is 0 Å². The van der Waals surface area contributed by atoms with Gasteiger partial charge in [-0.3, -0.25) is 5.32 Å². The van der Waals surface area contributed by atoms with Gasteiger partial charge < -0.3 is 4.74 Å². The number of amides is 1. The maximum Gasteiger partial charge on any atom is 0.413 e. The Morgan fingerprint density at radius 2 is 2.13 bits per heavy atom.